The molecule has 0 aliphatic rings. The van der Waals surface area contributed by atoms with Crippen molar-refractivity contribution in [2.75, 3.05) is 40.3 Å². The monoisotopic (exact) mass is 398 g/mol. The summed E-state index contributed by atoms with van der Waals surface area (Å²) in [6.07, 6.45) is 4.46. The van der Waals surface area contributed by atoms with Crippen LogP contribution in [0.4, 0.5) is 11.4 Å². The van der Waals surface area contributed by atoms with Crippen LogP contribution in [0.15, 0.2) is 42.5 Å². The first-order valence-electron chi connectivity index (χ1n) is 11.4. The molecule has 0 saturated carbocycles. The summed E-state index contributed by atoms with van der Waals surface area (Å²) < 4.78 is 1.77. The zero-order chi connectivity index (χ0) is 21.5. The first kappa shape index (κ1) is 23.4. The Morgan fingerprint density at radius 2 is 1.14 bits per heavy atom. The second-order valence-electron chi connectivity index (χ2n) is 8.75. The Labute approximate surface area is 178 Å². The molecule has 0 heterocycles. The van der Waals surface area contributed by atoms with Crippen molar-refractivity contribution in [3.05, 3.63) is 53.6 Å². The molecule has 0 radical (unpaired) electrons. The van der Waals surface area contributed by atoms with Crippen LogP contribution in [0.25, 0.3) is 0 Å². The predicted molar refractivity (Wildman–Crippen MR) is 129 cm³/mol. The number of phenols is 1. The Bertz CT molecular complexity index is 759. The van der Waals surface area contributed by atoms with Gasteiger partial charge in [0.15, 0.2) is 11.4 Å². The van der Waals surface area contributed by atoms with Crippen LogP contribution in [0.3, 0.4) is 0 Å². The van der Waals surface area contributed by atoms with Crippen molar-refractivity contribution in [3.63, 3.8) is 0 Å². The molecule has 0 atom stereocenters. The molecule has 2 aromatic rings. The fourth-order valence-electron chi connectivity index (χ4n) is 4.01. The summed E-state index contributed by atoms with van der Waals surface area (Å²) in [4.78, 5) is 0. The highest BCUT2D eigenvalue weighted by Crippen LogP contribution is 2.32. The van der Waals surface area contributed by atoms with E-state index in [0.717, 1.165) is 60.1 Å². The van der Waals surface area contributed by atoms with E-state index in [1.807, 2.05) is 6.07 Å². The molecule has 1 N–H and O–H groups in total. The van der Waals surface area contributed by atoms with E-state index >= 15 is 0 Å². The van der Waals surface area contributed by atoms with Crippen molar-refractivity contribution in [1.82, 2.24) is 8.97 Å². The smallest absolute Gasteiger partial charge is 0.177 e. The number of quaternary nitrogens is 2. The molecule has 0 amide bonds. The second-order valence-corrected chi connectivity index (χ2v) is 8.75. The zero-order valence-corrected chi connectivity index (χ0v) is 19.5. The Morgan fingerprint density at radius 1 is 0.655 bits per heavy atom. The lowest BCUT2D eigenvalue weighted by Gasteiger charge is -2.32. The van der Waals surface area contributed by atoms with Gasteiger partial charge in [-0.25, -0.2) is 0 Å². The normalized spacial score (nSPS) is 12.3. The maximum absolute atomic E-state index is 10.5. The summed E-state index contributed by atoms with van der Waals surface area (Å²) in [5.74, 6) is 0.442. The predicted octanol–water partition coefficient (Wildman–Crippen LogP) is 5.91. The van der Waals surface area contributed by atoms with Gasteiger partial charge in [-0.15, -0.1) is 0 Å². The van der Waals surface area contributed by atoms with Crippen molar-refractivity contribution in [2.45, 2.75) is 53.4 Å². The Kier molecular flexibility index (Phi) is 8.30. The van der Waals surface area contributed by atoms with Crippen molar-refractivity contribution in [3.8, 4) is 5.75 Å². The van der Waals surface area contributed by atoms with Crippen molar-refractivity contribution < 1.29 is 5.11 Å². The van der Waals surface area contributed by atoms with Crippen LogP contribution >= 0.6 is 0 Å². The van der Waals surface area contributed by atoms with Crippen molar-refractivity contribution >= 4 is 11.4 Å². The SMILES string of the molecule is CC[N+](C)(CC)c1ccc(CCCCc2ccc([N+](C)(CC)CC)c(O)c2)cc1. The van der Waals surface area contributed by atoms with Crippen LogP contribution in [0.1, 0.15) is 51.7 Å². The molecular weight excluding hydrogens is 356 g/mol. The number of phenolic OH excluding ortho intramolecular Hbond substituents is 1. The highest BCUT2D eigenvalue weighted by molar-refractivity contribution is 5.56. The minimum atomic E-state index is 0.442. The first-order chi connectivity index (χ1) is 13.8. The summed E-state index contributed by atoms with van der Waals surface area (Å²) in [7, 11) is 4.49. The highest BCUT2D eigenvalue weighted by Gasteiger charge is 2.24. The lowest BCUT2D eigenvalue weighted by atomic mass is 10.0. The third-order valence-electron chi connectivity index (χ3n) is 7.15. The van der Waals surface area contributed by atoms with Gasteiger partial charge in [-0.2, -0.15) is 0 Å². The van der Waals surface area contributed by atoms with Gasteiger partial charge in [-0.05, 0) is 82.7 Å². The van der Waals surface area contributed by atoms with Crippen LogP contribution in [-0.4, -0.2) is 45.4 Å². The summed E-state index contributed by atoms with van der Waals surface area (Å²) in [6, 6.07) is 15.5. The Balaban J connectivity index is 1.89. The number of hydrogen-bond acceptors (Lipinski definition) is 1. The van der Waals surface area contributed by atoms with E-state index in [1.165, 1.54) is 23.2 Å². The number of nitrogens with zero attached hydrogens (tertiary/aromatic N) is 2. The van der Waals surface area contributed by atoms with Gasteiger partial charge in [-0.3, -0.25) is 8.97 Å². The number of rotatable bonds is 11. The molecule has 0 spiro atoms. The molecular formula is C26H42N2O+2. The van der Waals surface area contributed by atoms with Gasteiger partial charge in [0.2, 0.25) is 0 Å². The van der Waals surface area contributed by atoms with Gasteiger partial charge in [0.25, 0.3) is 0 Å². The largest absolute Gasteiger partial charge is 0.503 e. The van der Waals surface area contributed by atoms with Gasteiger partial charge in [0, 0.05) is 6.07 Å². The fraction of sp³-hybridized carbons (Fsp3) is 0.538. The van der Waals surface area contributed by atoms with Crippen LogP contribution in [0, 0.1) is 0 Å². The molecule has 3 nitrogen and oxygen atoms in total. The number of unbranched alkanes of at least 4 members (excludes halogenated alkanes) is 1. The van der Waals surface area contributed by atoms with Crippen LogP contribution in [0.2, 0.25) is 0 Å². The second kappa shape index (κ2) is 10.3. The van der Waals surface area contributed by atoms with Crippen LogP contribution in [0.5, 0.6) is 5.75 Å². The minimum Gasteiger partial charge on any atom is -0.503 e. The molecule has 2 aromatic carbocycles. The summed E-state index contributed by atoms with van der Waals surface area (Å²) >= 11 is 0. The average Bonchev–Trinajstić information content (AvgIpc) is 2.76. The van der Waals surface area contributed by atoms with Gasteiger partial charge in [0.1, 0.15) is 5.69 Å². The molecule has 29 heavy (non-hydrogen) atoms. The average molecular weight is 399 g/mol. The van der Waals surface area contributed by atoms with E-state index < -0.39 is 0 Å². The van der Waals surface area contributed by atoms with E-state index in [4.69, 9.17) is 0 Å². The van der Waals surface area contributed by atoms with E-state index in [2.05, 4.69) is 78.2 Å². The summed E-state index contributed by atoms with van der Waals surface area (Å²) in [5, 5.41) is 10.5. The third kappa shape index (κ3) is 5.61. The van der Waals surface area contributed by atoms with E-state index in [1.54, 1.807) is 0 Å². The standard InChI is InChI=1S/C26H41N2O/c1-7-27(5,8-2)24-18-15-22(16-19-24)13-11-12-14-23-17-20-25(26(29)21-23)28(6,9-3)10-4/h15-21H,7-14H2,1-6H3/q+1/p+1. The number of aryl methyl sites for hydroxylation is 2. The van der Waals surface area contributed by atoms with Gasteiger partial charge < -0.3 is 5.11 Å². The molecule has 3 heteroatoms. The van der Waals surface area contributed by atoms with Gasteiger partial charge in [-0.1, -0.05) is 18.2 Å². The lowest BCUT2D eigenvalue weighted by molar-refractivity contribution is 0.346. The summed E-state index contributed by atoms with van der Waals surface area (Å²) in [6.45, 7) is 13.1. The number of hydrogen-bond donors (Lipinski definition) is 1. The van der Waals surface area contributed by atoms with E-state index in [-0.39, 0.29) is 0 Å². The van der Waals surface area contributed by atoms with Crippen LogP contribution < -0.4 is 8.97 Å². The zero-order valence-electron chi connectivity index (χ0n) is 19.5. The maximum atomic E-state index is 10.5. The number of benzene rings is 2. The minimum absolute atomic E-state index is 0.442. The Hall–Kier alpha value is -1.84. The molecule has 0 fully saturated rings. The Morgan fingerprint density at radius 3 is 1.62 bits per heavy atom. The molecule has 0 aliphatic carbocycles. The molecule has 0 saturated heterocycles. The molecule has 0 aliphatic heterocycles. The van der Waals surface area contributed by atoms with Gasteiger partial charge >= 0.3 is 0 Å². The molecule has 2 rings (SSSR count). The van der Waals surface area contributed by atoms with Gasteiger partial charge in [0.05, 0.1) is 40.3 Å². The van der Waals surface area contributed by atoms with E-state index in [9.17, 15) is 5.11 Å². The first-order valence-corrected chi connectivity index (χ1v) is 11.4. The molecule has 0 aromatic heterocycles. The quantitative estimate of drug-likeness (QED) is 0.368. The summed E-state index contributed by atoms with van der Waals surface area (Å²) in [5.41, 5.74) is 5.09. The van der Waals surface area contributed by atoms with Crippen LogP contribution in [-0.2, 0) is 12.8 Å². The highest BCUT2D eigenvalue weighted by atomic mass is 16.3. The van der Waals surface area contributed by atoms with Crippen molar-refractivity contribution in [1.29, 1.82) is 0 Å². The molecule has 160 valence electrons. The van der Waals surface area contributed by atoms with E-state index in [0.29, 0.717) is 5.75 Å². The topological polar surface area (TPSA) is 20.2 Å². The lowest BCUT2D eigenvalue weighted by Crippen LogP contribution is -2.44. The molecule has 0 unspecified atom stereocenters. The third-order valence-corrected chi connectivity index (χ3v) is 7.15. The fourth-order valence-corrected chi connectivity index (χ4v) is 4.01. The van der Waals surface area contributed by atoms with Crippen molar-refractivity contribution in [2.24, 2.45) is 0 Å². The number of aromatic hydroxyl groups is 1. The molecule has 0 bridgehead atoms. The maximum Gasteiger partial charge on any atom is 0.177 e.